The van der Waals surface area contributed by atoms with Crippen LogP contribution < -0.4 is 0 Å². The van der Waals surface area contributed by atoms with Gasteiger partial charge in [-0.2, -0.15) is 0 Å². The molecule has 0 bridgehead atoms. The normalized spacial score (nSPS) is 16.8. The van der Waals surface area contributed by atoms with E-state index in [4.69, 9.17) is 0 Å². The first kappa shape index (κ1) is 14.1. The summed E-state index contributed by atoms with van der Waals surface area (Å²) in [5, 5.41) is 18.3. The molecule has 2 aromatic rings. The molecule has 1 aromatic carbocycles. The summed E-state index contributed by atoms with van der Waals surface area (Å²) in [5.74, 6) is -0.116. The zero-order valence-electron chi connectivity index (χ0n) is 11.6. The third-order valence-corrected chi connectivity index (χ3v) is 3.78. The lowest BCUT2D eigenvalue weighted by Crippen LogP contribution is -2.36. The lowest BCUT2D eigenvalue weighted by atomic mass is 10.1. The predicted molar refractivity (Wildman–Crippen MR) is 71.4 cm³/mol. The highest BCUT2D eigenvalue weighted by Gasteiger charge is 2.22. The van der Waals surface area contributed by atoms with Gasteiger partial charge in [-0.15, -0.1) is 10.2 Å². The monoisotopic (exact) mass is 294 g/mol. The predicted octanol–water partition coefficient (Wildman–Crippen LogP) is 1.41. The van der Waals surface area contributed by atoms with Crippen LogP contribution in [0.25, 0.3) is 0 Å². The average molecular weight is 294 g/mol. The highest BCUT2D eigenvalue weighted by Crippen LogP contribution is 2.20. The second kappa shape index (κ2) is 5.50. The van der Waals surface area contributed by atoms with Crippen molar-refractivity contribution in [2.24, 2.45) is 0 Å². The molecule has 1 aromatic heterocycles. The number of aliphatic hydroxyl groups is 1. The van der Waals surface area contributed by atoms with Gasteiger partial charge >= 0.3 is 0 Å². The Kier molecular flexibility index (Phi) is 3.69. The Balaban J connectivity index is 1.68. The third kappa shape index (κ3) is 2.79. The van der Waals surface area contributed by atoms with Crippen molar-refractivity contribution in [1.82, 2.24) is 19.7 Å². The molecule has 0 spiro atoms. The standard InChI is InChI=1S/C14H16F2N4O/c1-9-17-18-14-8-19(4-5-20(9)14)7-13(21)10-2-3-11(15)12(16)6-10/h2-3,6,13,21H,4-5,7-8H2,1H3/t13-/m0/s1. The van der Waals surface area contributed by atoms with E-state index in [0.29, 0.717) is 18.7 Å². The minimum Gasteiger partial charge on any atom is -0.387 e. The molecule has 0 unspecified atom stereocenters. The van der Waals surface area contributed by atoms with Crippen LogP contribution in [-0.2, 0) is 13.1 Å². The molecule has 1 N–H and O–H groups in total. The number of fused-ring (bicyclic) bond motifs is 1. The van der Waals surface area contributed by atoms with Crippen molar-refractivity contribution in [3.63, 3.8) is 0 Å². The van der Waals surface area contributed by atoms with Gasteiger partial charge in [0.15, 0.2) is 11.6 Å². The molecule has 0 saturated heterocycles. The van der Waals surface area contributed by atoms with E-state index in [-0.39, 0.29) is 0 Å². The fraction of sp³-hybridized carbons (Fsp3) is 0.429. The van der Waals surface area contributed by atoms with Crippen LogP contribution in [0.15, 0.2) is 18.2 Å². The second-order valence-corrected chi connectivity index (χ2v) is 5.24. The Labute approximate surface area is 120 Å². The minimum atomic E-state index is -0.944. The number of nitrogens with zero attached hydrogens (tertiary/aromatic N) is 4. The fourth-order valence-electron chi connectivity index (χ4n) is 2.58. The summed E-state index contributed by atoms with van der Waals surface area (Å²) in [6, 6.07) is 3.47. The first-order valence-corrected chi connectivity index (χ1v) is 6.78. The summed E-state index contributed by atoms with van der Waals surface area (Å²) in [6.45, 7) is 4.35. The second-order valence-electron chi connectivity index (χ2n) is 5.24. The van der Waals surface area contributed by atoms with Crippen LogP contribution in [0.3, 0.4) is 0 Å². The molecule has 2 heterocycles. The molecule has 1 atom stereocenters. The van der Waals surface area contributed by atoms with Crippen molar-refractivity contribution in [1.29, 1.82) is 0 Å². The molecular weight excluding hydrogens is 278 g/mol. The average Bonchev–Trinajstić information content (AvgIpc) is 2.83. The van der Waals surface area contributed by atoms with Gasteiger partial charge in [0.1, 0.15) is 11.6 Å². The van der Waals surface area contributed by atoms with Crippen LogP contribution >= 0.6 is 0 Å². The van der Waals surface area contributed by atoms with Crippen molar-refractivity contribution >= 4 is 0 Å². The highest BCUT2D eigenvalue weighted by molar-refractivity contribution is 5.20. The Bertz CT molecular complexity index is 658. The smallest absolute Gasteiger partial charge is 0.159 e. The van der Waals surface area contributed by atoms with E-state index in [2.05, 4.69) is 10.2 Å². The minimum absolute atomic E-state index is 0.344. The van der Waals surface area contributed by atoms with Gasteiger partial charge in [0.25, 0.3) is 0 Å². The van der Waals surface area contributed by atoms with Crippen molar-refractivity contribution in [2.75, 3.05) is 13.1 Å². The highest BCUT2D eigenvalue weighted by atomic mass is 19.2. The lowest BCUT2D eigenvalue weighted by Gasteiger charge is -2.29. The number of hydrogen-bond acceptors (Lipinski definition) is 4. The molecule has 7 heteroatoms. The van der Waals surface area contributed by atoms with Gasteiger partial charge in [-0.3, -0.25) is 4.90 Å². The van der Waals surface area contributed by atoms with Gasteiger partial charge in [0.05, 0.1) is 12.6 Å². The van der Waals surface area contributed by atoms with Crippen molar-refractivity contribution in [2.45, 2.75) is 26.1 Å². The summed E-state index contributed by atoms with van der Waals surface area (Å²) >= 11 is 0. The van der Waals surface area contributed by atoms with E-state index in [1.165, 1.54) is 6.07 Å². The zero-order chi connectivity index (χ0) is 15.0. The summed E-state index contributed by atoms with van der Waals surface area (Å²) in [4.78, 5) is 2.02. The lowest BCUT2D eigenvalue weighted by molar-refractivity contribution is 0.0957. The molecule has 1 aliphatic rings. The first-order chi connectivity index (χ1) is 10.0. The molecule has 1 aliphatic heterocycles. The Morgan fingerprint density at radius 3 is 2.81 bits per heavy atom. The summed E-state index contributed by atoms with van der Waals surface area (Å²) in [5.41, 5.74) is 0.372. The van der Waals surface area contributed by atoms with E-state index in [1.54, 1.807) is 0 Å². The summed E-state index contributed by atoms with van der Waals surface area (Å²) in [7, 11) is 0. The van der Waals surface area contributed by atoms with E-state index in [9.17, 15) is 13.9 Å². The Morgan fingerprint density at radius 1 is 1.24 bits per heavy atom. The molecule has 0 radical (unpaired) electrons. The Hall–Kier alpha value is -1.86. The maximum Gasteiger partial charge on any atom is 0.159 e. The van der Waals surface area contributed by atoms with Crippen LogP contribution in [0.2, 0.25) is 0 Å². The largest absolute Gasteiger partial charge is 0.387 e. The van der Waals surface area contributed by atoms with Crippen LogP contribution in [0, 0.1) is 18.6 Å². The van der Waals surface area contributed by atoms with Gasteiger partial charge in [0.2, 0.25) is 0 Å². The third-order valence-electron chi connectivity index (χ3n) is 3.78. The van der Waals surface area contributed by atoms with Crippen LogP contribution in [0.4, 0.5) is 8.78 Å². The molecule has 5 nitrogen and oxygen atoms in total. The molecular formula is C14H16F2N4O. The molecule has 0 amide bonds. The number of aromatic nitrogens is 3. The number of aliphatic hydroxyl groups excluding tert-OH is 1. The van der Waals surface area contributed by atoms with E-state index in [0.717, 1.165) is 36.9 Å². The number of benzene rings is 1. The van der Waals surface area contributed by atoms with Crippen LogP contribution in [0.1, 0.15) is 23.3 Å². The van der Waals surface area contributed by atoms with Gasteiger partial charge in [-0.25, -0.2) is 8.78 Å². The quantitative estimate of drug-likeness (QED) is 0.930. The number of rotatable bonds is 3. The van der Waals surface area contributed by atoms with Crippen molar-refractivity contribution < 1.29 is 13.9 Å². The molecule has 0 aliphatic carbocycles. The van der Waals surface area contributed by atoms with Gasteiger partial charge in [-0.1, -0.05) is 6.07 Å². The first-order valence-electron chi connectivity index (χ1n) is 6.78. The van der Waals surface area contributed by atoms with Crippen LogP contribution in [0.5, 0.6) is 0 Å². The van der Waals surface area contributed by atoms with Gasteiger partial charge in [0, 0.05) is 19.6 Å². The maximum atomic E-state index is 13.2. The Morgan fingerprint density at radius 2 is 2.05 bits per heavy atom. The van der Waals surface area contributed by atoms with Gasteiger partial charge < -0.3 is 9.67 Å². The summed E-state index contributed by atoms with van der Waals surface area (Å²) in [6.07, 6.45) is -0.865. The fourth-order valence-corrected chi connectivity index (χ4v) is 2.58. The topological polar surface area (TPSA) is 54.2 Å². The van der Waals surface area contributed by atoms with Crippen LogP contribution in [-0.4, -0.2) is 37.9 Å². The summed E-state index contributed by atoms with van der Waals surface area (Å²) < 4.78 is 28.1. The number of β-amino-alcohol motifs (C(OH)–C–C–N with tert-alkyl or cyclic N) is 1. The van der Waals surface area contributed by atoms with E-state index < -0.39 is 17.7 Å². The van der Waals surface area contributed by atoms with Gasteiger partial charge in [-0.05, 0) is 24.6 Å². The molecule has 0 fully saturated rings. The molecule has 0 saturated carbocycles. The maximum absolute atomic E-state index is 13.2. The molecule has 3 rings (SSSR count). The number of halogens is 2. The number of aryl methyl sites for hydroxylation is 1. The van der Waals surface area contributed by atoms with E-state index in [1.807, 2.05) is 16.4 Å². The van der Waals surface area contributed by atoms with E-state index >= 15 is 0 Å². The molecule has 21 heavy (non-hydrogen) atoms. The zero-order valence-corrected chi connectivity index (χ0v) is 11.6. The van der Waals surface area contributed by atoms with Crippen molar-refractivity contribution in [3.8, 4) is 0 Å². The number of hydrogen-bond donors (Lipinski definition) is 1. The SMILES string of the molecule is Cc1nnc2n1CCN(C[C@H](O)c1ccc(F)c(F)c1)C2. The molecule has 112 valence electrons. The van der Waals surface area contributed by atoms with Crippen molar-refractivity contribution in [3.05, 3.63) is 47.0 Å².